The summed E-state index contributed by atoms with van der Waals surface area (Å²) in [6, 6.07) is 0.846. The van der Waals surface area contributed by atoms with Crippen LogP contribution in [0.15, 0.2) is 0 Å². The molecule has 1 rings (SSSR count). The van der Waals surface area contributed by atoms with Crippen molar-refractivity contribution in [1.82, 2.24) is 10.2 Å². The lowest BCUT2D eigenvalue weighted by molar-refractivity contribution is 0.214. The highest BCUT2D eigenvalue weighted by Gasteiger charge is 2.31. The van der Waals surface area contributed by atoms with Gasteiger partial charge in [-0.25, -0.2) is 0 Å². The lowest BCUT2D eigenvalue weighted by atomic mass is 10.1. The van der Waals surface area contributed by atoms with E-state index in [2.05, 4.69) is 24.2 Å². The molecule has 1 saturated carbocycles. The van der Waals surface area contributed by atoms with Gasteiger partial charge in [0.2, 0.25) is 0 Å². The molecule has 2 nitrogen and oxygen atoms in total. The van der Waals surface area contributed by atoms with Crippen LogP contribution in [0, 0.1) is 5.92 Å². The van der Waals surface area contributed by atoms with Gasteiger partial charge in [-0.2, -0.15) is 0 Å². The van der Waals surface area contributed by atoms with Gasteiger partial charge in [0.15, 0.2) is 0 Å². The Morgan fingerprint density at radius 3 is 2.58 bits per heavy atom. The van der Waals surface area contributed by atoms with Crippen LogP contribution in [0.3, 0.4) is 0 Å². The fraction of sp³-hybridized carbons (Fsp3) is 1.00. The van der Waals surface area contributed by atoms with E-state index < -0.39 is 0 Å². The average Bonchev–Trinajstić information content (AvgIpc) is 2.86. The maximum Gasteiger partial charge on any atom is 0.0118 e. The zero-order valence-electron chi connectivity index (χ0n) is 8.64. The quantitative estimate of drug-likeness (QED) is 0.647. The monoisotopic (exact) mass is 170 g/mol. The van der Waals surface area contributed by atoms with Crippen LogP contribution in [0.1, 0.15) is 26.2 Å². The second-order valence-corrected chi connectivity index (χ2v) is 3.90. The molecule has 0 amide bonds. The third-order valence-corrected chi connectivity index (χ3v) is 2.87. The van der Waals surface area contributed by atoms with Gasteiger partial charge >= 0.3 is 0 Å². The van der Waals surface area contributed by atoms with Gasteiger partial charge in [-0.05, 0) is 39.3 Å². The predicted molar refractivity (Wildman–Crippen MR) is 53.4 cm³/mol. The highest BCUT2D eigenvalue weighted by Crippen LogP contribution is 2.36. The smallest absolute Gasteiger partial charge is 0.0118 e. The van der Waals surface area contributed by atoms with Crippen molar-refractivity contribution in [1.29, 1.82) is 0 Å². The lowest BCUT2D eigenvalue weighted by Gasteiger charge is -2.26. The second-order valence-electron chi connectivity index (χ2n) is 3.90. The Balaban J connectivity index is 2.21. The van der Waals surface area contributed by atoms with Crippen molar-refractivity contribution in [2.75, 3.05) is 27.2 Å². The highest BCUT2D eigenvalue weighted by molar-refractivity contribution is 4.86. The van der Waals surface area contributed by atoms with E-state index in [1.54, 1.807) is 0 Å². The summed E-state index contributed by atoms with van der Waals surface area (Å²) in [5.74, 6) is 1.01. The third-order valence-electron chi connectivity index (χ3n) is 2.87. The van der Waals surface area contributed by atoms with Crippen LogP contribution in [-0.2, 0) is 0 Å². The molecular weight excluding hydrogens is 148 g/mol. The molecule has 1 aliphatic carbocycles. The van der Waals surface area contributed by atoms with E-state index in [1.165, 1.54) is 25.8 Å². The molecule has 0 aromatic rings. The van der Waals surface area contributed by atoms with E-state index in [1.807, 2.05) is 7.05 Å². The fourth-order valence-electron chi connectivity index (χ4n) is 1.94. The van der Waals surface area contributed by atoms with Crippen molar-refractivity contribution < 1.29 is 0 Å². The van der Waals surface area contributed by atoms with Crippen molar-refractivity contribution >= 4 is 0 Å². The molecule has 0 aromatic carbocycles. The van der Waals surface area contributed by atoms with Crippen molar-refractivity contribution in [2.24, 2.45) is 5.92 Å². The Labute approximate surface area is 76.3 Å². The number of nitrogens with one attached hydrogen (secondary N) is 1. The normalized spacial score (nSPS) is 20.0. The molecule has 0 radical (unpaired) electrons. The molecular formula is C10H22N2. The molecule has 12 heavy (non-hydrogen) atoms. The number of likely N-dealkylation sites (N-methyl/N-ethyl adjacent to an activating group) is 2. The molecule has 0 saturated heterocycles. The summed E-state index contributed by atoms with van der Waals surface area (Å²) < 4.78 is 0. The first kappa shape index (κ1) is 10.0. The Morgan fingerprint density at radius 1 is 1.50 bits per heavy atom. The summed E-state index contributed by atoms with van der Waals surface area (Å²) in [7, 11) is 4.27. The summed E-state index contributed by atoms with van der Waals surface area (Å²) in [5.41, 5.74) is 0. The molecule has 1 unspecified atom stereocenters. The Hall–Kier alpha value is -0.0800. The maximum absolute atomic E-state index is 3.20. The summed E-state index contributed by atoms with van der Waals surface area (Å²) in [6.07, 6.45) is 4.23. The van der Waals surface area contributed by atoms with Crippen LogP contribution in [0.4, 0.5) is 0 Å². The zero-order chi connectivity index (χ0) is 8.97. The minimum atomic E-state index is 0.846. The standard InChI is InChI=1S/C10H22N2/c1-4-10(9-5-6-9)12(3)8-7-11-2/h9-11H,4-8H2,1-3H3. The number of hydrogen-bond donors (Lipinski definition) is 1. The molecule has 1 N–H and O–H groups in total. The molecule has 72 valence electrons. The SMILES string of the molecule is CCC(C1CC1)N(C)CCNC. The zero-order valence-corrected chi connectivity index (χ0v) is 8.64. The van der Waals surface area contributed by atoms with Crippen molar-refractivity contribution in [3.63, 3.8) is 0 Å². The molecule has 0 aromatic heterocycles. The second kappa shape index (κ2) is 4.83. The first-order valence-corrected chi connectivity index (χ1v) is 5.14. The lowest BCUT2D eigenvalue weighted by Crippen LogP contribution is -2.37. The van der Waals surface area contributed by atoms with E-state index in [-0.39, 0.29) is 0 Å². The van der Waals surface area contributed by atoms with Crippen molar-refractivity contribution in [3.8, 4) is 0 Å². The van der Waals surface area contributed by atoms with Gasteiger partial charge in [0.1, 0.15) is 0 Å². The molecule has 0 bridgehead atoms. The van der Waals surface area contributed by atoms with Gasteiger partial charge in [0.25, 0.3) is 0 Å². The van der Waals surface area contributed by atoms with Crippen LogP contribution in [0.25, 0.3) is 0 Å². The summed E-state index contributed by atoms with van der Waals surface area (Å²) in [4.78, 5) is 2.51. The molecule has 0 spiro atoms. The topological polar surface area (TPSA) is 15.3 Å². The van der Waals surface area contributed by atoms with Crippen LogP contribution in [0.5, 0.6) is 0 Å². The van der Waals surface area contributed by atoms with Crippen molar-refractivity contribution in [3.05, 3.63) is 0 Å². The van der Waals surface area contributed by atoms with Gasteiger partial charge in [-0.1, -0.05) is 6.92 Å². The molecule has 0 heterocycles. The first-order valence-electron chi connectivity index (χ1n) is 5.14. The Kier molecular flexibility index (Phi) is 4.02. The highest BCUT2D eigenvalue weighted by atomic mass is 15.1. The van der Waals surface area contributed by atoms with Crippen LogP contribution >= 0.6 is 0 Å². The maximum atomic E-state index is 3.20. The summed E-state index contributed by atoms with van der Waals surface area (Å²) in [5, 5.41) is 3.20. The molecule has 0 aliphatic heterocycles. The summed E-state index contributed by atoms with van der Waals surface area (Å²) in [6.45, 7) is 4.60. The number of hydrogen-bond acceptors (Lipinski definition) is 2. The number of rotatable bonds is 6. The van der Waals surface area contributed by atoms with Crippen LogP contribution < -0.4 is 5.32 Å². The molecule has 1 fully saturated rings. The largest absolute Gasteiger partial charge is 0.318 e. The Morgan fingerprint density at radius 2 is 2.17 bits per heavy atom. The van der Waals surface area contributed by atoms with Gasteiger partial charge in [-0.3, -0.25) is 0 Å². The Bertz CT molecular complexity index is 121. The number of nitrogens with zero attached hydrogens (tertiary/aromatic N) is 1. The van der Waals surface area contributed by atoms with Crippen LogP contribution in [0.2, 0.25) is 0 Å². The van der Waals surface area contributed by atoms with Gasteiger partial charge in [-0.15, -0.1) is 0 Å². The van der Waals surface area contributed by atoms with Crippen molar-refractivity contribution in [2.45, 2.75) is 32.2 Å². The van der Waals surface area contributed by atoms with E-state index in [4.69, 9.17) is 0 Å². The van der Waals surface area contributed by atoms with Gasteiger partial charge in [0, 0.05) is 19.1 Å². The third kappa shape index (κ3) is 2.76. The average molecular weight is 170 g/mol. The molecule has 1 aliphatic rings. The van der Waals surface area contributed by atoms with E-state index in [0.717, 1.165) is 18.5 Å². The molecule has 2 heteroatoms. The molecule has 1 atom stereocenters. The van der Waals surface area contributed by atoms with E-state index >= 15 is 0 Å². The van der Waals surface area contributed by atoms with Crippen LogP contribution in [-0.4, -0.2) is 38.1 Å². The fourth-order valence-corrected chi connectivity index (χ4v) is 1.94. The van der Waals surface area contributed by atoms with Gasteiger partial charge in [0.05, 0.1) is 0 Å². The van der Waals surface area contributed by atoms with Gasteiger partial charge < -0.3 is 10.2 Å². The van der Waals surface area contributed by atoms with E-state index in [0.29, 0.717) is 0 Å². The summed E-state index contributed by atoms with van der Waals surface area (Å²) >= 11 is 0. The minimum Gasteiger partial charge on any atom is -0.318 e. The minimum absolute atomic E-state index is 0.846. The predicted octanol–water partition coefficient (Wildman–Crippen LogP) is 1.33. The first-order chi connectivity index (χ1) is 5.79. The van der Waals surface area contributed by atoms with E-state index in [9.17, 15) is 0 Å².